The summed E-state index contributed by atoms with van der Waals surface area (Å²) >= 11 is 0. The number of likely N-dealkylation sites (N-methyl/N-ethyl adjacent to an activating group) is 1. The molecule has 5 rings (SSSR count). The molecular formula is C28H43N11O2. The highest BCUT2D eigenvalue weighted by atomic mass is 16.5. The Morgan fingerprint density at radius 1 is 1.15 bits per heavy atom. The van der Waals surface area contributed by atoms with Crippen LogP contribution in [0.5, 0.6) is 5.75 Å². The third-order valence-corrected chi connectivity index (χ3v) is 8.17. The minimum atomic E-state index is -0.263. The minimum Gasteiger partial charge on any atom is -0.495 e. The summed E-state index contributed by atoms with van der Waals surface area (Å²) < 4.78 is 7.57. The number of ether oxygens (including phenoxy) is 1. The van der Waals surface area contributed by atoms with Crippen molar-refractivity contribution in [1.82, 2.24) is 39.4 Å². The molecule has 2 saturated heterocycles. The first kappa shape index (κ1) is 29.0. The molecule has 0 bridgehead atoms. The van der Waals surface area contributed by atoms with Crippen LogP contribution >= 0.6 is 0 Å². The van der Waals surface area contributed by atoms with Gasteiger partial charge in [-0.05, 0) is 43.9 Å². The van der Waals surface area contributed by atoms with Gasteiger partial charge in [0.25, 0.3) is 0 Å². The number of aromatic nitrogens is 5. The van der Waals surface area contributed by atoms with Gasteiger partial charge >= 0.3 is 0 Å². The van der Waals surface area contributed by atoms with Crippen LogP contribution in [0.25, 0.3) is 11.0 Å². The molecule has 5 N–H and O–H groups in total. The summed E-state index contributed by atoms with van der Waals surface area (Å²) in [5.74, 6) is 1.98. The lowest BCUT2D eigenvalue weighted by atomic mass is 9.90. The Kier molecular flexibility index (Phi) is 9.15. The second-order valence-corrected chi connectivity index (χ2v) is 11.2. The average Bonchev–Trinajstić information content (AvgIpc) is 3.37. The number of nitrogens with one attached hydrogen (secondary N) is 1. The van der Waals surface area contributed by atoms with Crippen LogP contribution in [0.15, 0.2) is 18.5 Å². The van der Waals surface area contributed by atoms with Crippen molar-refractivity contribution in [2.75, 3.05) is 71.0 Å². The number of nitrogens with zero attached hydrogens (tertiary/aromatic N) is 8. The number of likely N-dealkylation sites (tertiary alicyclic amines) is 1. The van der Waals surface area contributed by atoms with Crippen molar-refractivity contribution in [2.24, 2.45) is 5.73 Å². The minimum absolute atomic E-state index is 0.162. The number of hydrogen-bond acceptors (Lipinski definition) is 11. The van der Waals surface area contributed by atoms with Crippen LogP contribution in [0.2, 0.25) is 0 Å². The highest BCUT2D eigenvalue weighted by molar-refractivity contribution is 5.86. The molecule has 0 aromatic carbocycles. The average molecular weight is 566 g/mol. The van der Waals surface area contributed by atoms with Crippen molar-refractivity contribution < 1.29 is 9.53 Å². The van der Waals surface area contributed by atoms with E-state index in [0.717, 1.165) is 76.2 Å². The van der Waals surface area contributed by atoms with E-state index < -0.39 is 0 Å². The number of pyridine rings is 1. The van der Waals surface area contributed by atoms with Gasteiger partial charge in [-0.1, -0.05) is 13.3 Å². The van der Waals surface area contributed by atoms with E-state index in [1.165, 1.54) is 0 Å². The lowest BCUT2D eigenvalue weighted by molar-refractivity contribution is -0.133. The molecule has 2 fully saturated rings. The number of fused-ring (bicyclic) bond motifs is 1. The molecule has 0 saturated carbocycles. The molecular weight excluding hydrogens is 522 g/mol. The Balaban J connectivity index is 1.25. The van der Waals surface area contributed by atoms with Crippen LogP contribution in [0.3, 0.4) is 0 Å². The molecule has 13 nitrogen and oxygen atoms in total. The summed E-state index contributed by atoms with van der Waals surface area (Å²) in [6.07, 6.45) is 6.89. The largest absolute Gasteiger partial charge is 0.495 e. The summed E-state index contributed by atoms with van der Waals surface area (Å²) in [7, 11) is 3.79. The molecule has 3 aromatic heterocycles. The van der Waals surface area contributed by atoms with E-state index >= 15 is 0 Å². The van der Waals surface area contributed by atoms with E-state index in [1.807, 2.05) is 11.1 Å². The Labute approximate surface area is 241 Å². The number of nitrogens with two attached hydrogens (primary N) is 2. The number of amides is 1. The predicted octanol–water partition coefficient (Wildman–Crippen LogP) is 1.31. The van der Waals surface area contributed by atoms with Gasteiger partial charge in [-0.3, -0.25) is 19.4 Å². The zero-order valence-electron chi connectivity index (χ0n) is 24.4. The van der Waals surface area contributed by atoms with Crippen LogP contribution < -0.4 is 21.5 Å². The quantitative estimate of drug-likeness (QED) is 0.305. The van der Waals surface area contributed by atoms with Gasteiger partial charge in [-0.2, -0.15) is 10.1 Å². The topological polar surface area (TPSA) is 157 Å². The van der Waals surface area contributed by atoms with Crippen molar-refractivity contribution in [3.05, 3.63) is 29.7 Å². The maximum atomic E-state index is 12.9. The predicted molar refractivity (Wildman–Crippen MR) is 159 cm³/mol. The normalized spacial score (nSPS) is 18.1. The molecule has 1 amide bonds. The van der Waals surface area contributed by atoms with Gasteiger partial charge in [-0.15, -0.1) is 0 Å². The smallest absolute Gasteiger partial charge is 0.236 e. The first-order chi connectivity index (χ1) is 19.8. The van der Waals surface area contributed by atoms with Gasteiger partial charge < -0.3 is 31.3 Å². The number of piperidine rings is 1. The van der Waals surface area contributed by atoms with Crippen molar-refractivity contribution in [3.63, 3.8) is 0 Å². The molecule has 3 aromatic rings. The zero-order valence-corrected chi connectivity index (χ0v) is 24.4. The standard InChI is InChI=1S/C28H43N11O2/c1-4-5-24(29)34-27-26-21(33-28(30)35-27)16-32-39(26)17-22-23(41-3)14-20(15-31-22)19-6-8-38(9-7-19)25(40)18-37-12-10-36(2)11-13-37/h14-16,19,24H,4-13,17-18,29H2,1-3H3,(H3,30,33,34,35). The van der Waals surface area contributed by atoms with E-state index in [9.17, 15) is 4.79 Å². The number of carbonyl (C=O) groups is 1. The number of methoxy groups -OCH3 is 1. The van der Waals surface area contributed by atoms with Gasteiger partial charge in [0.2, 0.25) is 11.9 Å². The Hall–Kier alpha value is -3.55. The van der Waals surface area contributed by atoms with E-state index in [2.05, 4.69) is 50.2 Å². The molecule has 41 heavy (non-hydrogen) atoms. The summed E-state index contributed by atoms with van der Waals surface area (Å²) in [4.78, 5) is 33.0. The Morgan fingerprint density at radius 3 is 2.61 bits per heavy atom. The highest BCUT2D eigenvalue weighted by Crippen LogP contribution is 2.32. The number of anilines is 2. The summed E-state index contributed by atoms with van der Waals surface area (Å²) in [5.41, 5.74) is 15.4. The molecule has 0 spiro atoms. The highest BCUT2D eigenvalue weighted by Gasteiger charge is 2.27. The number of piperazine rings is 1. The molecule has 13 heteroatoms. The van der Waals surface area contributed by atoms with Crippen molar-refractivity contribution in [2.45, 2.75) is 51.2 Å². The lowest BCUT2D eigenvalue weighted by Crippen LogP contribution is -2.50. The maximum Gasteiger partial charge on any atom is 0.236 e. The summed E-state index contributed by atoms with van der Waals surface area (Å²) in [6.45, 7) is 8.44. The Bertz CT molecular complexity index is 1330. The van der Waals surface area contributed by atoms with Crippen molar-refractivity contribution >= 4 is 28.7 Å². The summed E-state index contributed by atoms with van der Waals surface area (Å²) in [6, 6.07) is 2.07. The number of rotatable bonds is 10. The molecule has 1 unspecified atom stereocenters. The first-order valence-electron chi connectivity index (χ1n) is 14.6. The first-order valence-corrected chi connectivity index (χ1v) is 14.6. The number of hydrogen-bond donors (Lipinski definition) is 3. The van der Waals surface area contributed by atoms with Crippen LogP contribution in [0, 0.1) is 0 Å². The zero-order chi connectivity index (χ0) is 28.9. The third-order valence-electron chi connectivity index (χ3n) is 8.17. The number of carbonyl (C=O) groups excluding carboxylic acids is 1. The molecule has 0 aliphatic carbocycles. The van der Waals surface area contributed by atoms with E-state index in [1.54, 1.807) is 18.0 Å². The lowest BCUT2D eigenvalue weighted by Gasteiger charge is -2.36. The molecule has 2 aliphatic heterocycles. The van der Waals surface area contributed by atoms with Crippen LogP contribution in [-0.4, -0.2) is 111 Å². The fourth-order valence-corrected chi connectivity index (χ4v) is 5.70. The van der Waals surface area contributed by atoms with Crippen LogP contribution in [0.1, 0.15) is 49.8 Å². The fourth-order valence-electron chi connectivity index (χ4n) is 5.70. The van der Waals surface area contributed by atoms with E-state index in [4.69, 9.17) is 21.2 Å². The molecule has 222 valence electrons. The van der Waals surface area contributed by atoms with Crippen LogP contribution in [-0.2, 0) is 11.3 Å². The second-order valence-electron chi connectivity index (χ2n) is 11.2. The van der Waals surface area contributed by atoms with E-state index in [-0.39, 0.29) is 18.0 Å². The molecule has 2 aliphatic rings. The number of nitrogen functional groups attached to an aromatic ring is 1. The van der Waals surface area contributed by atoms with Gasteiger partial charge in [0.1, 0.15) is 22.5 Å². The van der Waals surface area contributed by atoms with Gasteiger partial charge in [-0.25, -0.2) is 4.98 Å². The van der Waals surface area contributed by atoms with Gasteiger partial charge in [0, 0.05) is 45.5 Å². The van der Waals surface area contributed by atoms with Gasteiger partial charge in [0.15, 0.2) is 5.82 Å². The molecule has 5 heterocycles. The van der Waals surface area contributed by atoms with Crippen molar-refractivity contribution in [1.29, 1.82) is 0 Å². The summed E-state index contributed by atoms with van der Waals surface area (Å²) in [5, 5.41) is 7.80. The fraction of sp³-hybridized carbons (Fsp3) is 0.607. The molecule has 0 radical (unpaired) electrons. The Morgan fingerprint density at radius 2 is 1.90 bits per heavy atom. The molecule has 1 atom stereocenters. The monoisotopic (exact) mass is 565 g/mol. The van der Waals surface area contributed by atoms with E-state index in [0.29, 0.717) is 41.6 Å². The van der Waals surface area contributed by atoms with Gasteiger partial charge in [0.05, 0.1) is 32.6 Å². The van der Waals surface area contributed by atoms with Crippen LogP contribution in [0.4, 0.5) is 11.8 Å². The SMILES string of the molecule is CCCC(N)Nc1nc(N)nc2cnn(Cc3ncc(C4CCN(C(=O)CN5CCN(C)CC5)CC4)cc3OC)c12. The second kappa shape index (κ2) is 13.0. The maximum absolute atomic E-state index is 12.9. The third kappa shape index (κ3) is 6.85. The van der Waals surface area contributed by atoms with Crippen molar-refractivity contribution in [3.8, 4) is 5.75 Å².